The zero-order chi connectivity index (χ0) is 9.80. The first-order valence-corrected chi connectivity index (χ1v) is 7.29. The van der Waals surface area contributed by atoms with Gasteiger partial charge in [0.15, 0.2) is 0 Å². The second-order valence-electron chi connectivity index (χ2n) is 4.90. The van der Waals surface area contributed by atoms with E-state index >= 15 is 0 Å². The molecule has 0 amide bonds. The van der Waals surface area contributed by atoms with Crippen LogP contribution in [0.5, 0.6) is 0 Å². The highest BCUT2D eigenvalue weighted by Crippen LogP contribution is 2.35. The van der Waals surface area contributed by atoms with Crippen LogP contribution in [0.1, 0.15) is 51.4 Å². The minimum Gasteiger partial charge on any atom is -0.0880 e. The van der Waals surface area contributed by atoms with E-state index in [0.29, 0.717) is 0 Å². The lowest BCUT2D eigenvalue weighted by Gasteiger charge is -2.28. The van der Waals surface area contributed by atoms with E-state index in [-0.39, 0.29) is 0 Å². The molecular weight excluding hydrogens is 236 g/mol. The Bertz CT molecular complexity index is 197. The summed E-state index contributed by atoms with van der Waals surface area (Å²) in [4.78, 5) is 0. The molecule has 0 aliphatic heterocycles. The van der Waals surface area contributed by atoms with Crippen LogP contribution in [0.2, 0.25) is 0 Å². The van der Waals surface area contributed by atoms with Crippen LogP contribution in [0, 0.1) is 11.8 Å². The van der Waals surface area contributed by atoms with Crippen LogP contribution >= 0.6 is 15.9 Å². The standard InChI is InChI=1S/C13H21Br/c14-10-13(9-11-5-4-6-11)12-7-2-1-3-8-12/h9,11-12H,1-8,10H2. The first-order chi connectivity index (χ1) is 6.90. The second-order valence-corrected chi connectivity index (χ2v) is 5.46. The fourth-order valence-electron chi connectivity index (χ4n) is 2.67. The van der Waals surface area contributed by atoms with Gasteiger partial charge in [0.1, 0.15) is 0 Å². The topological polar surface area (TPSA) is 0 Å². The lowest BCUT2D eigenvalue weighted by atomic mass is 9.79. The van der Waals surface area contributed by atoms with Crippen molar-refractivity contribution in [2.45, 2.75) is 51.4 Å². The molecule has 0 radical (unpaired) electrons. The monoisotopic (exact) mass is 256 g/mol. The Hall–Kier alpha value is 0.220. The molecule has 0 bridgehead atoms. The minimum atomic E-state index is 0.920. The fourth-order valence-corrected chi connectivity index (χ4v) is 3.32. The van der Waals surface area contributed by atoms with Gasteiger partial charge in [0, 0.05) is 5.33 Å². The van der Waals surface area contributed by atoms with Gasteiger partial charge in [0.05, 0.1) is 0 Å². The number of halogens is 1. The summed E-state index contributed by atoms with van der Waals surface area (Å²) < 4.78 is 0. The van der Waals surface area contributed by atoms with Crippen LogP contribution in [0.15, 0.2) is 11.6 Å². The van der Waals surface area contributed by atoms with Crippen LogP contribution in [0.25, 0.3) is 0 Å². The van der Waals surface area contributed by atoms with Gasteiger partial charge < -0.3 is 0 Å². The molecule has 2 fully saturated rings. The summed E-state index contributed by atoms with van der Waals surface area (Å²) in [6, 6.07) is 0. The van der Waals surface area contributed by atoms with Gasteiger partial charge in [-0.05, 0) is 37.5 Å². The van der Waals surface area contributed by atoms with Crippen molar-refractivity contribution >= 4 is 15.9 Å². The van der Waals surface area contributed by atoms with E-state index in [4.69, 9.17) is 0 Å². The van der Waals surface area contributed by atoms with Gasteiger partial charge in [-0.1, -0.05) is 53.3 Å². The molecule has 80 valence electrons. The molecule has 2 rings (SSSR count). The Morgan fingerprint density at radius 3 is 2.21 bits per heavy atom. The van der Waals surface area contributed by atoms with Gasteiger partial charge in [0.25, 0.3) is 0 Å². The first-order valence-electron chi connectivity index (χ1n) is 6.16. The quantitative estimate of drug-likeness (QED) is 0.508. The van der Waals surface area contributed by atoms with Gasteiger partial charge in [-0.3, -0.25) is 0 Å². The Morgan fingerprint density at radius 2 is 1.71 bits per heavy atom. The predicted octanol–water partition coefficient (Wildman–Crippen LogP) is 4.69. The van der Waals surface area contributed by atoms with Crippen molar-refractivity contribution < 1.29 is 0 Å². The van der Waals surface area contributed by atoms with Crippen LogP contribution < -0.4 is 0 Å². The summed E-state index contributed by atoms with van der Waals surface area (Å²) in [5.41, 5.74) is 1.72. The third-order valence-corrected chi connectivity index (χ3v) is 4.53. The third-order valence-electron chi connectivity index (χ3n) is 3.88. The summed E-state index contributed by atoms with van der Waals surface area (Å²) in [5, 5.41) is 1.12. The van der Waals surface area contributed by atoms with Crippen molar-refractivity contribution in [3.8, 4) is 0 Å². The molecule has 1 heteroatoms. The molecule has 2 aliphatic carbocycles. The van der Waals surface area contributed by atoms with E-state index in [1.165, 1.54) is 51.4 Å². The molecule has 0 aromatic rings. The normalized spacial score (nSPS) is 26.2. The highest BCUT2D eigenvalue weighted by atomic mass is 79.9. The third kappa shape index (κ3) is 2.62. The molecule has 2 saturated carbocycles. The molecule has 0 saturated heterocycles. The Morgan fingerprint density at radius 1 is 1.00 bits per heavy atom. The summed E-state index contributed by atoms with van der Waals surface area (Å²) in [6.45, 7) is 0. The van der Waals surface area contributed by atoms with Crippen molar-refractivity contribution in [1.29, 1.82) is 0 Å². The van der Waals surface area contributed by atoms with Crippen molar-refractivity contribution in [3.05, 3.63) is 11.6 Å². The van der Waals surface area contributed by atoms with Crippen molar-refractivity contribution in [3.63, 3.8) is 0 Å². The maximum atomic E-state index is 3.66. The van der Waals surface area contributed by atoms with Crippen LogP contribution in [-0.2, 0) is 0 Å². The average molecular weight is 257 g/mol. The molecule has 0 atom stereocenters. The van der Waals surface area contributed by atoms with Gasteiger partial charge in [0.2, 0.25) is 0 Å². The SMILES string of the molecule is BrCC(=CC1CCC1)C1CCCCC1. The lowest BCUT2D eigenvalue weighted by molar-refractivity contribution is 0.369. The van der Waals surface area contributed by atoms with Crippen molar-refractivity contribution in [1.82, 2.24) is 0 Å². The molecule has 2 aliphatic rings. The summed E-state index contributed by atoms with van der Waals surface area (Å²) in [7, 11) is 0. The molecule has 0 spiro atoms. The maximum Gasteiger partial charge on any atom is 0.0244 e. The number of hydrogen-bond donors (Lipinski definition) is 0. The molecule has 14 heavy (non-hydrogen) atoms. The smallest absolute Gasteiger partial charge is 0.0244 e. The summed E-state index contributed by atoms with van der Waals surface area (Å²) in [6.07, 6.45) is 14.2. The Labute approximate surface area is 96.3 Å². The molecule has 0 unspecified atom stereocenters. The molecule has 0 N–H and O–H groups in total. The van der Waals surface area contributed by atoms with Crippen LogP contribution in [-0.4, -0.2) is 5.33 Å². The zero-order valence-electron chi connectivity index (χ0n) is 8.97. The fraction of sp³-hybridized carbons (Fsp3) is 0.846. The second kappa shape index (κ2) is 5.34. The number of allylic oxidation sites excluding steroid dienone is 2. The van der Waals surface area contributed by atoms with Gasteiger partial charge in [-0.2, -0.15) is 0 Å². The maximum absolute atomic E-state index is 3.66. The minimum absolute atomic E-state index is 0.920. The summed E-state index contributed by atoms with van der Waals surface area (Å²) >= 11 is 3.66. The van der Waals surface area contributed by atoms with E-state index in [0.717, 1.165) is 17.2 Å². The van der Waals surface area contributed by atoms with Gasteiger partial charge in [-0.25, -0.2) is 0 Å². The Balaban J connectivity index is 1.92. The number of alkyl halides is 1. The lowest BCUT2D eigenvalue weighted by Crippen LogP contribution is -2.14. The number of hydrogen-bond acceptors (Lipinski definition) is 0. The first kappa shape index (κ1) is 10.7. The summed E-state index contributed by atoms with van der Waals surface area (Å²) in [5.74, 6) is 1.85. The van der Waals surface area contributed by atoms with Crippen molar-refractivity contribution in [2.24, 2.45) is 11.8 Å². The van der Waals surface area contributed by atoms with Crippen LogP contribution in [0.4, 0.5) is 0 Å². The Kier molecular flexibility index (Phi) is 4.10. The van der Waals surface area contributed by atoms with Gasteiger partial charge in [-0.15, -0.1) is 0 Å². The average Bonchev–Trinajstić information content (AvgIpc) is 2.18. The van der Waals surface area contributed by atoms with Gasteiger partial charge >= 0.3 is 0 Å². The predicted molar refractivity (Wildman–Crippen MR) is 65.8 cm³/mol. The van der Waals surface area contributed by atoms with E-state index in [2.05, 4.69) is 22.0 Å². The zero-order valence-corrected chi connectivity index (χ0v) is 10.6. The molecule has 0 nitrogen and oxygen atoms in total. The molecule has 0 aromatic heterocycles. The van der Waals surface area contributed by atoms with Crippen LogP contribution in [0.3, 0.4) is 0 Å². The molecule has 0 aromatic carbocycles. The van der Waals surface area contributed by atoms with Crippen molar-refractivity contribution in [2.75, 3.05) is 5.33 Å². The van der Waals surface area contributed by atoms with E-state index < -0.39 is 0 Å². The number of rotatable bonds is 3. The molecular formula is C13H21Br. The highest BCUT2D eigenvalue weighted by molar-refractivity contribution is 9.09. The largest absolute Gasteiger partial charge is 0.0880 e. The van der Waals surface area contributed by atoms with E-state index in [9.17, 15) is 0 Å². The highest BCUT2D eigenvalue weighted by Gasteiger charge is 2.20. The molecule has 0 heterocycles. The van der Waals surface area contributed by atoms with E-state index in [1.54, 1.807) is 5.57 Å². The van der Waals surface area contributed by atoms with E-state index in [1.807, 2.05) is 0 Å².